The number of aliphatic hydroxyl groups excluding tert-OH is 1. The van der Waals surface area contributed by atoms with Gasteiger partial charge in [-0.05, 0) is 18.2 Å². The molecular formula is C10H11ClN2O4. The molecule has 0 spiro atoms. The second kappa shape index (κ2) is 6.07. The average Bonchev–Trinajstić information content (AvgIpc) is 2.29. The van der Waals surface area contributed by atoms with Gasteiger partial charge in [0, 0.05) is 5.56 Å². The number of halogens is 1. The molecule has 0 saturated carbocycles. The van der Waals surface area contributed by atoms with Crippen molar-refractivity contribution in [3.8, 4) is 0 Å². The number of primary amides is 1. The SMILES string of the molecule is NC(=O)c1ccc(Cl)c(NC(=O)OCCO)c1. The molecule has 0 fully saturated rings. The number of anilines is 1. The molecule has 0 saturated heterocycles. The standard InChI is InChI=1S/C10H11ClN2O4/c11-7-2-1-6(9(12)15)5-8(7)13-10(16)17-4-3-14/h1-2,5,14H,3-4H2,(H2,12,15)(H,13,16). The van der Waals surface area contributed by atoms with E-state index in [1.54, 1.807) is 0 Å². The Hall–Kier alpha value is -1.79. The van der Waals surface area contributed by atoms with Crippen molar-refractivity contribution in [2.45, 2.75) is 0 Å². The van der Waals surface area contributed by atoms with Gasteiger partial charge in [-0.25, -0.2) is 4.79 Å². The fourth-order valence-corrected chi connectivity index (χ4v) is 1.22. The first kappa shape index (κ1) is 13.3. The third-order valence-corrected chi connectivity index (χ3v) is 2.14. The first-order valence-electron chi connectivity index (χ1n) is 4.68. The molecule has 4 N–H and O–H groups in total. The molecule has 6 nitrogen and oxygen atoms in total. The maximum atomic E-state index is 11.2. The summed E-state index contributed by atoms with van der Waals surface area (Å²) in [6.45, 7) is -0.401. The molecule has 0 aliphatic carbocycles. The van der Waals surface area contributed by atoms with Gasteiger partial charge in [-0.1, -0.05) is 11.6 Å². The molecule has 17 heavy (non-hydrogen) atoms. The van der Waals surface area contributed by atoms with Gasteiger partial charge in [-0.2, -0.15) is 0 Å². The highest BCUT2D eigenvalue weighted by molar-refractivity contribution is 6.33. The molecule has 1 aromatic carbocycles. The molecule has 7 heteroatoms. The Morgan fingerprint density at radius 1 is 1.47 bits per heavy atom. The quantitative estimate of drug-likeness (QED) is 0.749. The van der Waals surface area contributed by atoms with E-state index in [1.807, 2.05) is 0 Å². The molecule has 0 unspecified atom stereocenters. The summed E-state index contributed by atoms with van der Waals surface area (Å²) < 4.78 is 4.58. The minimum absolute atomic E-state index is 0.126. The summed E-state index contributed by atoms with van der Waals surface area (Å²) in [4.78, 5) is 22.1. The lowest BCUT2D eigenvalue weighted by molar-refractivity contribution is 0.1000. The number of rotatable bonds is 4. The summed E-state index contributed by atoms with van der Waals surface area (Å²) in [5.41, 5.74) is 5.51. The average molecular weight is 259 g/mol. The number of hydrogen-bond acceptors (Lipinski definition) is 4. The number of nitrogens with two attached hydrogens (primary N) is 1. The van der Waals surface area contributed by atoms with Gasteiger partial charge in [0.15, 0.2) is 0 Å². The van der Waals surface area contributed by atoms with Crippen LogP contribution in [0.4, 0.5) is 10.5 Å². The van der Waals surface area contributed by atoms with Gasteiger partial charge >= 0.3 is 6.09 Å². The number of hydrogen-bond donors (Lipinski definition) is 3. The lowest BCUT2D eigenvalue weighted by atomic mass is 10.2. The molecular weight excluding hydrogens is 248 g/mol. The van der Waals surface area contributed by atoms with E-state index >= 15 is 0 Å². The van der Waals surface area contributed by atoms with Crippen LogP contribution in [-0.2, 0) is 4.74 Å². The number of carbonyl (C=O) groups excluding carboxylic acids is 2. The van der Waals surface area contributed by atoms with Crippen LogP contribution in [0.3, 0.4) is 0 Å². The second-order valence-corrected chi connectivity index (χ2v) is 3.45. The summed E-state index contributed by atoms with van der Waals surface area (Å²) in [7, 11) is 0. The number of amides is 2. The predicted molar refractivity (Wildman–Crippen MR) is 62.0 cm³/mol. The molecule has 0 aromatic heterocycles. The smallest absolute Gasteiger partial charge is 0.411 e. The third-order valence-electron chi connectivity index (χ3n) is 1.81. The van der Waals surface area contributed by atoms with Crippen LogP contribution in [0, 0.1) is 0 Å². The number of nitrogens with one attached hydrogen (secondary N) is 1. The normalized spacial score (nSPS) is 9.76. The number of benzene rings is 1. The van der Waals surface area contributed by atoms with Gasteiger partial charge in [0.1, 0.15) is 6.61 Å². The highest BCUT2D eigenvalue weighted by Crippen LogP contribution is 2.23. The second-order valence-electron chi connectivity index (χ2n) is 3.04. The van der Waals surface area contributed by atoms with E-state index in [0.29, 0.717) is 0 Å². The van der Waals surface area contributed by atoms with E-state index in [9.17, 15) is 9.59 Å². The zero-order valence-electron chi connectivity index (χ0n) is 8.77. The fourth-order valence-electron chi connectivity index (χ4n) is 1.06. The Kier molecular flexibility index (Phi) is 4.74. The monoisotopic (exact) mass is 258 g/mol. The Morgan fingerprint density at radius 3 is 2.76 bits per heavy atom. The van der Waals surface area contributed by atoms with E-state index < -0.39 is 12.0 Å². The van der Waals surface area contributed by atoms with E-state index in [4.69, 9.17) is 22.4 Å². The number of aliphatic hydroxyl groups is 1. The van der Waals surface area contributed by atoms with Crippen LogP contribution in [-0.4, -0.2) is 30.3 Å². The molecule has 0 aliphatic heterocycles. The molecule has 1 aromatic rings. The van der Waals surface area contributed by atoms with Crippen molar-refractivity contribution in [2.24, 2.45) is 5.73 Å². The Labute approximate surface area is 102 Å². The number of carbonyl (C=O) groups is 2. The molecule has 0 radical (unpaired) electrons. The lowest BCUT2D eigenvalue weighted by Gasteiger charge is -2.08. The molecule has 0 aliphatic rings. The van der Waals surface area contributed by atoms with Crippen molar-refractivity contribution in [3.63, 3.8) is 0 Å². The van der Waals surface area contributed by atoms with Crippen LogP contribution in [0.1, 0.15) is 10.4 Å². The topological polar surface area (TPSA) is 102 Å². The van der Waals surface area contributed by atoms with Crippen molar-refractivity contribution < 1.29 is 19.4 Å². The minimum Gasteiger partial charge on any atom is -0.447 e. The first-order valence-corrected chi connectivity index (χ1v) is 5.06. The van der Waals surface area contributed by atoms with Gasteiger partial charge < -0.3 is 15.6 Å². The van der Waals surface area contributed by atoms with Crippen molar-refractivity contribution in [2.75, 3.05) is 18.5 Å². The van der Waals surface area contributed by atoms with Gasteiger partial charge in [-0.15, -0.1) is 0 Å². The van der Waals surface area contributed by atoms with Crippen LogP contribution < -0.4 is 11.1 Å². The molecule has 0 bridgehead atoms. The highest BCUT2D eigenvalue weighted by Gasteiger charge is 2.09. The van der Waals surface area contributed by atoms with Crippen LogP contribution in [0.15, 0.2) is 18.2 Å². The van der Waals surface area contributed by atoms with E-state index in [0.717, 1.165) is 0 Å². The van der Waals surface area contributed by atoms with Gasteiger partial charge in [0.05, 0.1) is 17.3 Å². The van der Waals surface area contributed by atoms with Crippen LogP contribution in [0.25, 0.3) is 0 Å². The fraction of sp³-hybridized carbons (Fsp3) is 0.200. The van der Waals surface area contributed by atoms with Crippen molar-refractivity contribution in [1.29, 1.82) is 0 Å². The number of ether oxygens (including phenoxy) is 1. The summed E-state index contributed by atoms with van der Waals surface area (Å²) in [6.07, 6.45) is -0.775. The minimum atomic E-state index is -0.775. The highest BCUT2D eigenvalue weighted by atomic mass is 35.5. The largest absolute Gasteiger partial charge is 0.447 e. The maximum Gasteiger partial charge on any atom is 0.411 e. The van der Waals surface area contributed by atoms with Crippen LogP contribution >= 0.6 is 11.6 Å². The zero-order valence-corrected chi connectivity index (χ0v) is 9.53. The van der Waals surface area contributed by atoms with Gasteiger partial charge in [-0.3, -0.25) is 10.1 Å². The predicted octanol–water partition coefficient (Wildman–Crippen LogP) is 0.980. The van der Waals surface area contributed by atoms with Gasteiger partial charge in [0.2, 0.25) is 5.91 Å². The van der Waals surface area contributed by atoms with E-state index in [2.05, 4.69) is 10.1 Å². The molecule has 2 amide bonds. The Balaban J connectivity index is 2.79. The zero-order chi connectivity index (χ0) is 12.8. The Morgan fingerprint density at radius 2 is 2.18 bits per heavy atom. The summed E-state index contributed by atoms with van der Waals surface area (Å²) in [5, 5.41) is 11.0. The molecule has 92 valence electrons. The Bertz CT molecular complexity index is 436. The summed E-state index contributed by atoms with van der Waals surface area (Å²) >= 11 is 5.81. The van der Waals surface area contributed by atoms with E-state index in [1.165, 1.54) is 18.2 Å². The summed E-state index contributed by atoms with van der Waals surface area (Å²) in [5.74, 6) is -0.631. The summed E-state index contributed by atoms with van der Waals surface area (Å²) in [6, 6.07) is 4.21. The van der Waals surface area contributed by atoms with Crippen molar-refractivity contribution in [3.05, 3.63) is 28.8 Å². The molecule has 0 atom stereocenters. The van der Waals surface area contributed by atoms with Crippen LogP contribution in [0.2, 0.25) is 5.02 Å². The van der Waals surface area contributed by atoms with Gasteiger partial charge in [0.25, 0.3) is 0 Å². The molecule has 0 heterocycles. The van der Waals surface area contributed by atoms with E-state index in [-0.39, 0.29) is 29.5 Å². The maximum absolute atomic E-state index is 11.2. The third kappa shape index (κ3) is 3.93. The molecule has 1 rings (SSSR count). The van der Waals surface area contributed by atoms with Crippen molar-refractivity contribution in [1.82, 2.24) is 0 Å². The lowest BCUT2D eigenvalue weighted by Crippen LogP contribution is -2.17. The van der Waals surface area contributed by atoms with Crippen LogP contribution in [0.5, 0.6) is 0 Å². The first-order chi connectivity index (χ1) is 8.04. The van der Waals surface area contributed by atoms with Crippen molar-refractivity contribution >= 4 is 29.3 Å².